The number of fused-ring (bicyclic) bond motifs is 1. The Morgan fingerprint density at radius 2 is 1.50 bits per heavy atom. The van der Waals surface area contributed by atoms with Gasteiger partial charge < -0.3 is 14.8 Å². The van der Waals surface area contributed by atoms with E-state index in [0.29, 0.717) is 24.8 Å². The highest BCUT2D eigenvalue weighted by molar-refractivity contribution is 5.90. The lowest BCUT2D eigenvalue weighted by atomic mass is 9.63. The zero-order valence-corrected chi connectivity index (χ0v) is 23.5. The fourth-order valence-corrected chi connectivity index (χ4v) is 5.54. The van der Waals surface area contributed by atoms with Crippen LogP contribution in [0.5, 0.6) is 5.75 Å². The zero-order valence-electron chi connectivity index (χ0n) is 23.5. The largest absolute Gasteiger partial charge is 0.492 e. The number of rotatable bonds is 9. The number of ether oxygens (including phenoxy) is 2. The molecule has 38 heavy (non-hydrogen) atoms. The summed E-state index contributed by atoms with van der Waals surface area (Å²) in [6.07, 6.45) is 4.93. The molecule has 4 nitrogen and oxygen atoms in total. The molecule has 3 aromatic carbocycles. The van der Waals surface area contributed by atoms with Crippen LogP contribution in [0.25, 0.3) is 22.3 Å². The van der Waals surface area contributed by atoms with Crippen molar-refractivity contribution in [2.24, 2.45) is 0 Å². The summed E-state index contributed by atoms with van der Waals surface area (Å²) in [5.41, 5.74) is 8.22. The van der Waals surface area contributed by atoms with Crippen LogP contribution < -0.4 is 10.1 Å². The SMILES string of the molecule is CCOC(=O)c1ccc(-c2ccc(OCCNC3CC3)c(-c3ccc4c(c3)C(C)(C)CCC4(C)C)c2)cc1. The second-order valence-electron chi connectivity index (χ2n) is 12.1. The second-order valence-corrected chi connectivity index (χ2v) is 12.1. The number of carbonyl (C=O) groups is 1. The van der Waals surface area contributed by atoms with Gasteiger partial charge in [0.2, 0.25) is 0 Å². The van der Waals surface area contributed by atoms with Crippen molar-refractivity contribution in [1.82, 2.24) is 5.32 Å². The highest BCUT2D eigenvalue weighted by atomic mass is 16.5. The van der Waals surface area contributed by atoms with Crippen LogP contribution in [0.4, 0.5) is 0 Å². The minimum Gasteiger partial charge on any atom is -0.492 e. The molecule has 1 N–H and O–H groups in total. The van der Waals surface area contributed by atoms with Crippen molar-refractivity contribution in [2.45, 2.75) is 77.2 Å². The number of nitrogens with one attached hydrogen (secondary N) is 1. The van der Waals surface area contributed by atoms with E-state index >= 15 is 0 Å². The predicted octanol–water partition coefficient (Wildman–Crippen LogP) is 7.68. The number of carbonyl (C=O) groups excluding carboxylic acids is 1. The van der Waals surface area contributed by atoms with Crippen molar-refractivity contribution >= 4 is 5.97 Å². The summed E-state index contributed by atoms with van der Waals surface area (Å²) in [4.78, 5) is 12.1. The number of hydrogen-bond acceptors (Lipinski definition) is 4. The van der Waals surface area contributed by atoms with Gasteiger partial charge in [-0.1, -0.05) is 64.1 Å². The van der Waals surface area contributed by atoms with Gasteiger partial charge in [-0.05, 0) is 95.5 Å². The van der Waals surface area contributed by atoms with Crippen LogP contribution in [-0.2, 0) is 15.6 Å². The van der Waals surface area contributed by atoms with Gasteiger partial charge in [0.05, 0.1) is 12.2 Å². The number of hydrogen-bond donors (Lipinski definition) is 1. The van der Waals surface area contributed by atoms with E-state index < -0.39 is 0 Å². The van der Waals surface area contributed by atoms with Crippen molar-refractivity contribution in [3.05, 3.63) is 77.4 Å². The van der Waals surface area contributed by atoms with E-state index in [1.165, 1.54) is 42.4 Å². The molecule has 0 aromatic heterocycles. The summed E-state index contributed by atoms with van der Waals surface area (Å²) in [6, 6.07) is 21.8. The normalized spacial score (nSPS) is 17.5. The molecule has 2 aliphatic rings. The first-order valence-electron chi connectivity index (χ1n) is 14.1. The van der Waals surface area contributed by atoms with E-state index in [1.54, 1.807) is 0 Å². The van der Waals surface area contributed by atoms with Crippen LogP contribution in [0.1, 0.15) is 81.8 Å². The Bertz CT molecular complexity index is 1300. The molecule has 0 radical (unpaired) electrons. The van der Waals surface area contributed by atoms with Gasteiger partial charge in [-0.25, -0.2) is 4.79 Å². The van der Waals surface area contributed by atoms with Crippen LogP contribution in [0.2, 0.25) is 0 Å². The van der Waals surface area contributed by atoms with Crippen molar-refractivity contribution < 1.29 is 14.3 Å². The third-order valence-electron chi connectivity index (χ3n) is 8.24. The number of esters is 1. The molecule has 200 valence electrons. The van der Waals surface area contributed by atoms with E-state index in [-0.39, 0.29) is 16.8 Å². The average Bonchev–Trinajstić information content (AvgIpc) is 3.74. The Hall–Kier alpha value is -3.11. The van der Waals surface area contributed by atoms with Gasteiger partial charge in [-0.2, -0.15) is 0 Å². The first kappa shape index (κ1) is 26.5. The predicted molar refractivity (Wildman–Crippen MR) is 155 cm³/mol. The van der Waals surface area contributed by atoms with Gasteiger partial charge in [-0.15, -0.1) is 0 Å². The molecule has 1 saturated carbocycles. The van der Waals surface area contributed by atoms with E-state index in [9.17, 15) is 4.79 Å². The Balaban J connectivity index is 1.51. The van der Waals surface area contributed by atoms with Crippen LogP contribution in [0, 0.1) is 0 Å². The van der Waals surface area contributed by atoms with Gasteiger partial charge in [-0.3, -0.25) is 0 Å². The standard InChI is InChI=1S/C34H41NO3/c1-6-37-32(36)24-9-7-23(8-10-24)25-12-16-31(38-20-19-35-27-13-14-27)28(21-25)26-11-15-29-30(22-26)34(4,5)18-17-33(29,2)3/h7-12,15-16,21-22,27,35H,6,13-14,17-20H2,1-5H3. The van der Waals surface area contributed by atoms with Gasteiger partial charge in [0.1, 0.15) is 12.4 Å². The molecule has 0 bridgehead atoms. The molecule has 0 unspecified atom stereocenters. The molecule has 0 heterocycles. The maximum atomic E-state index is 12.1. The molecule has 5 rings (SSSR count). The maximum Gasteiger partial charge on any atom is 0.338 e. The van der Waals surface area contributed by atoms with Crippen molar-refractivity contribution in [2.75, 3.05) is 19.8 Å². The van der Waals surface area contributed by atoms with Crippen LogP contribution in [0.3, 0.4) is 0 Å². The molecule has 0 amide bonds. The molecule has 3 aromatic rings. The molecule has 0 saturated heterocycles. The van der Waals surface area contributed by atoms with Gasteiger partial charge in [0.25, 0.3) is 0 Å². The lowest BCUT2D eigenvalue weighted by Gasteiger charge is -2.42. The lowest BCUT2D eigenvalue weighted by Crippen LogP contribution is -2.33. The van der Waals surface area contributed by atoms with Gasteiger partial charge in [0.15, 0.2) is 0 Å². The maximum absolute atomic E-state index is 12.1. The molecular formula is C34H41NO3. The molecular weight excluding hydrogens is 470 g/mol. The highest BCUT2D eigenvalue weighted by Crippen LogP contribution is 2.47. The minimum absolute atomic E-state index is 0.136. The van der Waals surface area contributed by atoms with Gasteiger partial charge >= 0.3 is 5.97 Å². The van der Waals surface area contributed by atoms with Crippen molar-refractivity contribution in [3.63, 3.8) is 0 Å². The average molecular weight is 512 g/mol. The Morgan fingerprint density at radius 3 is 2.18 bits per heavy atom. The molecule has 1 fully saturated rings. The fourth-order valence-electron chi connectivity index (χ4n) is 5.54. The fraction of sp³-hybridized carbons (Fsp3) is 0.441. The van der Waals surface area contributed by atoms with Gasteiger partial charge in [0, 0.05) is 18.2 Å². The Morgan fingerprint density at radius 1 is 0.842 bits per heavy atom. The summed E-state index contributed by atoms with van der Waals surface area (Å²) in [7, 11) is 0. The van der Waals surface area contributed by atoms with Crippen LogP contribution in [-0.4, -0.2) is 31.8 Å². The second kappa shape index (κ2) is 10.6. The summed E-state index contributed by atoms with van der Waals surface area (Å²) in [6.45, 7) is 13.2. The third-order valence-corrected chi connectivity index (χ3v) is 8.24. The first-order valence-corrected chi connectivity index (χ1v) is 14.1. The molecule has 4 heteroatoms. The minimum atomic E-state index is -0.289. The number of benzene rings is 3. The quantitative estimate of drug-likeness (QED) is 0.236. The highest BCUT2D eigenvalue weighted by Gasteiger charge is 2.37. The summed E-state index contributed by atoms with van der Waals surface area (Å²) in [5.74, 6) is 0.616. The monoisotopic (exact) mass is 511 g/mol. The summed E-state index contributed by atoms with van der Waals surface area (Å²) >= 11 is 0. The molecule has 0 aliphatic heterocycles. The summed E-state index contributed by atoms with van der Waals surface area (Å²) in [5, 5.41) is 3.54. The van der Waals surface area contributed by atoms with Crippen molar-refractivity contribution in [3.8, 4) is 28.0 Å². The summed E-state index contributed by atoms with van der Waals surface area (Å²) < 4.78 is 11.5. The van der Waals surface area contributed by atoms with E-state index in [1.807, 2.05) is 31.2 Å². The van der Waals surface area contributed by atoms with E-state index in [2.05, 4.69) is 69.4 Å². The Kier molecular flexibility index (Phi) is 7.37. The third kappa shape index (κ3) is 5.66. The lowest BCUT2D eigenvalue weighted by molar-refractivity contribution is 0.0526. The molecule has 2 aliphatic carbocycles. The van der Waals surface area contributed by atoms with Crippen LogP contribution >= 0.6 is 0 Å². The Labute approximate surface area is 227 Å². The zero-order chi connectivity index (χ0) is 26.9. The topological polar surface area (TPSA) is 47.6 Å². The van der Waals surface area contributed by atoms with E-state index in [0.717, 1.165) is 29.0 Å². The molecule has 0 atom stereocenters. The first-order chi connectivity index (χ1) is 18.2. The molecule has 0 spiro atoms. The van der Waals surface area contributed by atoms with Crippen LogP contribution in [0.15, 0.2) is 60.7 Å². The smallest absolute Gasteiger partial charge is 0.338 e. The van der Waals surface area contributed by atoms with E-state index in [4.69, 9.17) is 9.47 Å². The van der Waals surface area contributed by atoms with Crippen molar-refractivity contribution in [1.29, 1.82) is 0 Å².